The lowest BCUT2D eigenvalue weighted by molar-refractivity contribution is 0.129. The molecule has 0 aromatic carbocycles. The molecule has 2 rings (SSSR count). The lowest BCUT2D eigenvalue weighted by Crippen LogP contribution is -2.17. The minimum absolute atomic E-state index is 0.244. The maximum atomic E-state index is 10.4. The summed E-state index contributed by atoms with van der Waals surface area (Å²) in [4.78, 5) is 5.78. The normalized spacial score (nSPS) is 23.7. The van der Waals surface area contributed by atoms with Gasteiger partial charge in [-0.05, 0) is 30.6 Å². The van der Waals surface area contributed by atoms with E-state index in [0.29, 0.717) is 12.3 Å². The monoisotopic (exact) mass is 253 g/mol. The molecule has 1 unspecified atom stereocenters. The quantitative estimate of drug-likeness (QED) is 0.896. The van der Waals surface area contributed by atoms with Crippen molar-refractivity contribution in [2.45, 2.75) is 54.1 Å². The Kier molecular flexibility index (Phi) is 2.91. The fraction of sp³-hybridized carbons (Fsp3) is 0.786. The first-order valence-corrected chi connectivity index (χ1v) is 7.10. The van der Waals surface area contributed by atoms with E-state index in [1.807, 2.05) is 6.92 Å². The van der Waals surface area contributed by atoms with Crippen molar-refractivity contribution in [3.05, 3.63) is 15.6 Å². The first-order chi connectivity index (χ1) is 7.68. The molecule has 0 aliphatic heterocycles. The van der Waals surface area contributed by atoms with Crippen LogP contribution in [0.4, 0.5) is 0 Å². The number of hydrogen-bond donors (Lipinski definition) is 1. The van der Waals surface area contributed by atoms with Crippen molar-refractivity contribution in [1.29, 1.82) is 0 Å². The Hall–Kier alpha value is -0.410. The molecule has 0 radical (unpaired) electrons. The molecular weight excluding hydrogens is 230 g/mol. The van der Waals surface area contributed by atoms with E-state index in [0.717, 1.165) is 10.7 Å². The highest BCUT2D eigenvalue weighted by atomic mass is 32.1. The zero-order valence-corrected chi connectivity index (χ0v) is 12.5. The number of aliphatic hydroxyl groups excluding tert-OH is 1. The van der Waals surface area contributed by atoms with Crippen LogP contribution in [-0.4, -0.2) is 16.2 Å². The van der Waals surface area contributed by atoms with Gasteiger partial charge in [0.1, 0.15) is 0 Å². The van der Waals surface area contributed by atoms with Crippen LogP contribution in [-0.2, 0) is 6.42 Å². The van der Waals surface area contributed by atoms with Crippen LogP contribution in [0.1, 0.15) is 43.3 Å². The van der Waals surface area contributed by atoms with Gasteiger partial charge in [-0.1, -0.05) is 27.7 Å². The summed E-state index contributed by atoms with van der Waals surface area (Å²) in [5.41, 5.74) is 1.59. The van der Waals surface area contributed by atoms with Crippen molar-refractivity contribution < 1.29 is 5.11 Å². The summed E-state index contributed by atoms with van der Waals surface area (Å²) in [6.07, 6.45) is 0.446. The summed E-state index contributed by atoms with van der Waals surface area (Å²) >= 11 is 1.72. The molecule has 1 N–H and O–H groups in total. The summed E-state index contributed by atoms with van der Waals surface area (Å²) < 4.78 is 0. The highest BCUT2D eigenvalue weighted by molar-refractivity contribution is 7.11. The second-order valence-electron chi connectivity index (χ2n) is 6.44. The van der Waals surface area contributed by atoms with Crippen molar-refractivity contribution in [3.8, 4) is 0 Å². The van der Waals surface area contributed by atoms with Gasteiger partial charge in [-0.15, -0.1) is 11.3 Å². The third kappa shape index (κ3) is 1.93. The molecule has 0 amide bonds. The summed E-state index contributed by atoms with van der Waals surface area (Å²) in [7, 11) is 0. The average molecular weight is 253 g/mol. The van der Waals surface area contributed by atoms with Gasteiger partial charge >= 0.3 is 0 Å². The highest BCUT2D eigenvalue weighted by Crippen LogP contribution is 2.69. The van der Waals surface area contributed by atoms with E-state index >= 15 is 0 Å². The van der Waals surface area contributed by atoms with Crippen LogP contribution in [0.2, 0.25) is 0 Å². The van der Waals surface area contributed by atoms with E-state index in [2.05, 4.69) is 39.6 Å². The van der Waals surface area contributed by atoms with Crippen LogP contribution < -0.4 is 0 Å². The Bertz CT molecular complexity index is 400. The Morgan fingerprint density at radius 3 is 2.12 bits per heavy atom. The Labute approximate surface area is 108 Å². The number of nitrogens with zero attached hydrogens (tertiary/aromatic N) is 1. The second kappa shape index (κ2) is 3.79. The number of thiazole rings is 1. The number of aromatic nitrogens is 1. The fourth-order valence-corrected chi connectivity index (χ4v) is 4.12. The summed E-state index contributed by atoms with van der Waals surface area (Å²) in [5.74, 6) is 0.388. The number of aliphatic hydroxyl groups is 1. The third-order valence-corrected chi connectivity index (χ3v) is 6.07. The van der Waals surface area contributed by atoms with Crippen LogP contribution in [0.3, 0.4) is 0 Å². The molecule has 1 aromatic rings. The van der Waals surface area contributed by atoms with Crippen LogP contribution in [0.5, 0.6) is 0 Å². The molecule has 96 valence electrons. The van der Waals surface area contributed by atoms with E-state index in [1.54, 1.807) is 11.3 Å². The van der Waals surface area contributed by atoms with Gasteiger partial charge in [0, 0.05) is 11.3 Å². The molecule has 1 saturated carbocycles. The molecule has 0 bridgehead atoms. The predicted octanol–water partition coefficient (Wildman–Crippen LogP) is 3.35. The van der Waals surface area contributed by atoms with E-state index in [1.165, 1.54) is 4.88 Å². The number of rotatable bonds is 3. The zero-order valence-electron chi connectivity index (χ0n) is 11.7. The first-order valence-electron chi connectivity index (χ1n) is 6.29. The molecule has 3 heteroatoms. The summed E-state index contributed by atoms with van der Waals surface area (Å²) in [6, 6.07) is 0. The number of hydrogen-bond acceptors (Lipinski definition) is 3. The van der Waals surface area contributed by atoms with Crippen molar-refractivity contribution in [1.82, 2.24) is 4.98 Å². The highest BCUT2D eigenvalue weighted by Gasteiger charge is 2.66. The van der Waals surface area contributed by atoms with Crippen molar-refractivity contribution >= 4 is 11.3 Å². The molecular formula is C14H23NOS. The Morgan fingerprint density at radius 2 is 1.76 bits per heavy atom. The van der Waals surface area contributed by atoms with Gasteiger partial charge in [0.2, 0.25) is 0 Å². The van der Waals surface area contributed by atoms with Gasteiger partial charge < -0.3 is 5.11 Å². The van der Waals surface area contributed by atoms with Crippen LogP contribution in [0.15, 0.2) is 0 Å². The molecule has 1 aromatic heterocycles. The molecule has 1 atom stereocenters. The predicted molar refractivity (Wildman–Crippen MR) is 72.4 cm³/mol. The van der Waals surface area contributed by atoms with Gasteiger partial charge in [0.05, 0.1) is 16.8 Å². The molecule has 0 saturated heterocycles. The Balaban J connectivity index is 2.06. The zero-order chi connectivity index (χ0) is 13.0. The third-order valence-electron chi connectivity index (χ3n) is 4.97. The topological polar surface area (TPSA) is 33.1 Å². The van der Waals surface area contributed by atoms with Crippen molar-refractivity contribution in [2.24, 2.45) is 16.7 Å². The maximum absolute atomic E-state index is 10.4. The second-order valence-corrected chi connectivity index (χ2v) is 7.73. The molecule has 1 aliphatic carbocycles. The van der Waals surface area contributed by atoms with E-state index < -0.39 is 0 Å². The van der Waals surface area contributed by atoms with Gasteiger partial charge in [0.15, 0.2) is 0 Å². The minimum Gasteiger partial charge on any atom is -0.392 e. The van der Waals surface area contributed by atoms with Gasteiger partial charge in [0.25, 0.3) is 0 Å². The molecule has 1 aliphatic rings. The van der Waals surface area contributed by atoms with E-state index in [-0.39, 0.29) is 16.9 Å². The standard InChI is InChI=1S/C14H23NOS/c1-8-9(2)17-11(15-8)7-10(16)12-13(3,4)14(12,5)6/h10,12,16H,7H2,1-6H3. The Morgan fingerprint density at radius 1 is 1.24 bits per heavy atom. The maximum Gasteiger partial charge on any atom is 0.0956 e. The molecule has 1 fully saturated rings. The smallest absolute Gasteiger partial charge is 0.0956 e. The molecule has 2 nitrogen and oxygen atoms in total. The molecule has 1 heterocycles. The largest absolute Gasteiger partial charge is 0.392 e. The lowest BCUT2D eigenvalue weighted by Gasteiger charge is -2.10. The van der Waals surface area contributed by atoms with Crippen molar-refractivity contribution in [3.63, 3.8) is 0 Å². The van der Waals surface area contributed by atoms with Gasteiger partial charge in [-0.2, -0.15) is 0 Å². The van der Waals surface area contributed by atoms with Gasteiger partial charge in [-0.25, -0.2) is 4.98 Å². The summed E-state index contributed by atoms with van der Waals surface area (Å²) in [5, 5.41) is 11.5. The fourth-order valence-electron chi connectivity index (χ4n) is 3.13. The average Bonchev–Trinajstić information content (AvgIpc) is 2.41. The molecule has 0 spiro atoms. The van der Waals surface area contributed by atoms with Crippen LogP contribution >= 0.6 is 11.3 Å². The van der Waals surface area contributed by atoms with Crippen molar-refractivity contribution in [2.75, 3.05) is 0 Å². The molecule has 17 heavy (non-hydrogen) atoms. The summed E-state index contributed by atoms with van der Waals surface area (Å²) in [6.45, 7) is 13.1. The minimum atomic E-state index is -0.259. The SMILES string of the molecule is Cc1nc(CC(O)C2C(C)(C)C2(C)C)sc1C. The van der Waals surface area contributed by atoms with E-state index in [4.69, 9.17) is 0 Å². The first kappa shape index (κ1) is 13.0. The van der Waals surface area contributed by atoms with Gasteiger partial charge in [-0.3, -0.25) is 0 Å². The van der Waals surface area contributed by atoms with Crippen LogP contribution in [0.25, 0.3) is 0 Å². The lowest BCUT2D eigenvalue weighted by atomic mass is 10.0. The van der Waals surface area contributed by atoms with E-state index in [9.17, 15) is 5.11 Å². The van der Waals surface area contributed by atoms with Crippen LogP contribution in [0, 0.1) is 30.6 Å². The number of aryl methyl sites for hydroxylation is 2.